The lowest BCUT2D eigenvalue weighted by molar-refractivity contribution is 0.926. The van der Waals surface area contributed by atoms with E-state index in [0.717, 1.165) is 9.50 Å². The summed E-state index contributed by atoms with van der Waals surface area (Å²) >= 11 is 5.20. The molecular formula is C12H12BrN3S. The van der Waals surface area contributed by atoms with Crippen molar-refractivity contribution in [1.29, 1.82) is 0 Å². The predicted octanol–water partition coefficient (Wildman–Crippen LogP) is 3.03. The van der Waals surface area contributed by atoms with Crippen LogP contribution in [0.2, 0.25) is 0 Å². The largest absolute Gasteiger partial charge is 0.329 e. The molecule has 1 heterocycles. The van der Waals surface area contributed by atoms with Gasteiger partial charge in [-0.05, 0) is 17.7 Å². The van der Waals surface area contributed by atoms with Crippen LogP contribution in [0.25, 0.3) is 0 Å². The molecule has 3 nitrogen and oxygen atoms in total. The Morgan fingerprint density at radius 2 is 2.12 bits per heavy atom. The number of hydrogen-bond acceptors (Lipinski definition) is 4. The van der Waals surface area contributed by atoms with Crippen molar-refractivity contribution in [2.45, 2.75) is 10.3 Å². The number of rotatable bonds is 4. The first-order valence-corrected chi connectivity index (χ1v) is 6.85. The highest BCUT2D eigenvalue weighted by Gasteiger charge is 2.14. The van der Waals surface area contributed by atoms with Crippen molar-refractivity contribution in [3.63, 3.8) is 0 Å². The van der Waals surface area contributed by atoms with Crippen molar-refractivity contribution >= 4 is 27.7 Å². The molecule has 0 saturated heterocycles. The SMILES string of the molecule is NCC(Sc1ccncn1)c1ccccc1Br. The number of nitrogens with zero attached hydrogens (tertiary/aromatic N) is 2. The topological polar surface area (TPSA) is 51.8 Å². The number of halogens is 1. The zero-order valence-corrected chi connectivity index (χ0v) is 11.5. The highest BCUT2D eigenvalue weighted by Crippen LogP contribution is 2.36. The van der Waals surface area contributed by atoms with E-state index in [1.807, 2.05) is 24.3 Å². The summed E-state index contributed by atoms with van der Waals surface area (Å²) in [6, 6.07) is 10.0. The van der Waals surface area contributed by atoms with Crippen LogP contribution in [0.1, 0.15) is 10.8 Å². The number of aromatic nitrogens is 2. The van der Waals surface area contributed by atoms with E-state index >= 15 is 0 Å². The molecule has 0 fully saturated rings. The van der Waals surface area contributed by atoms with Crippen LogP contribution >= 0.6 is 27.7 Å². The van der Waals surface area contributed by atoms with Gasteiger partial charge in [0.2, 0.25) is 0 Å². The monoisotopic (exact) mass is 309 g/mol. The van der Waals surface area contributed by atoms with Gasteiger partial charge in [0.1, 0.15) is 6.33 Å². The second-order valence-electron chi connectivity index (χ2n) is 3.41. The van der Waals surface area contributed by atoms with Gasteiger partial charge in [-0.2, -0.15) is 0 Å². The average molecular weight is 310 g/mol. The fourth-order valence-electron chi connectivity index (χ4n) is 1.47. The minimum atomic E-state index is 0.195. The molecule has 0 aliphatic rings. The third-order valence-electron chi connectivity index (χ3n) is 2.28. The molecule has 5 heteroatoms. The van der Waals surface area contributed by atoms with E-state index in [1.54, 1.807) is 24.3 Å². The van der Waals surface area contributed by atoms with E-state index in [2.05, 4.69) is 32.0 Å². The van der Waals surface area contributed by atoms with E-state index in [4.69, 9.17) is 5.73 Å². The highest BCUT2D eigenvalue weighted by atomic mass is 79.9. The fourth-order valence-corrected chi connectivity index (χ4v) is 3.15. The minimum Gasteiger partial charge on any atom is -0.329 e. The summed E-state index contributed by atoms with van der Waals surface area (Å²) < 4.78 is 1.08. The van der Waals surface area contributed by atoms with E-state index in [9.17, 15) is 0 Å². The summed E-state index contributed by atoms with van der Waals surface area (Å²) in [5.74, 6) is 0. The lowest BCUT2D eigenvalue weighted by atomic mass is 10.1. The fraction of sp³-hybridized carbons (Fsp3) is 0.167. The summed E-state index contributed by atoms with van der Waals surface area (Å²) in [5.41, 5.74) is 7.03. The molecule has 0 amide bonds. The zero-order chi connectivity index (χ0) is 12.1. The smallest absolute Gasteiger partial charge is 0.116 e. The molecule has 1 aromatic heterocycles. The van der Waals surface area contributed by atoms with Crippen molar-refractivity contribution in [3.05, 3.63) is 52.9 Å². The Morgan fingerprint density at radius 3 is 2.76 bits per heavy atom. The molecule has 1 unspecified atom stereocenters. The second kappa shape index (κ2) is 6.14. The average Bonchev–Trinajstić information content (AvgIpc) is 2.38. The van der Waals surface area contributed by atoms with Gasteiger partial charge in [0.15, 0.2) is 0 Å². The molecule has 2 N–H and O–H groups in total. The van der Waals surface area contributed by atoms with Crippen molar-refractivity contribution in [3.8, 4) is 0 Å². The van der Waals surface area contributed by atoms with E-state index in [1.165, 1.54) is 5.56 Å². The summed E-state index contributed by atoms with van der Waals surface area (Å²) in [7, 11) is 0. The summed E-state index contributed by atoms with van der Waals surface area (Å²) in [5, 5.41) is 1.13. The summed E-state index contributed by atoms with van der Waals surface area (Å²) in [4.78, 5) is 8.11. The predicted molar refractivity (Wildman–Crippen MR) is 73.8 cm³/mol. The van der Waals surface area contributed by atoms with Gasteiger partial charge in [-0.3, -0.25) is 0 Å². The maximum absolute atomic E-state index is 5.84. The van der Waals surface area contributed by atoms with Crippen LogP contribution in [0.5, 0.6) is 0 Å². The third-order valence-corrected chi connectivity index (χ3v) is 4.22. The first-order chi connectivity index (χ1) is 8.31. The zero-order valence-electron chi connectivity index (χ0n) is 9.08. The number of benzene rings is 1. The van der Waals surface area contributed by atoms with Gasteiger partial charge in [0, 0.05) is 22.5 Å². The van der Waals surface area contributed by atoms with Crippen LogP contribution in [0.3, 0.4) is 0 Å². The molecule has 88 valence electrons. The number of hydrogen-bond donors (Lipinski definition) is 1. The normalized spacial score (nSPS) is 12.4. The summed E-state index contributed by atoms with van der Waals surface area (Å²) in [6.07, 6.45) is 3.29. The molecule has 0 aliphatic heterocycles. The minimum absolute atomic E-state index is 0.195. The number of thioether (sulfide) groups is 1. The first kappa shape index (κ1) is 12.5. The Labute approximate surface area is 113 Å². The maximum Gasteiger partial charge on any atom is 0.116 e. The maximum atomic E-state index is 5.84. The van der Waals surface area contributed by atoms with Gasteiger partial charge >= 0.3 is 0 Å². The molecule has 0 bridgehead atoms. The van der Waals surface area contributed by atoms with Crippen LogP contribution in [-0.4, -0.2) is 16.5 Å². The van der Waals surface area contributed by atoms with E-state index < -0.39 is 0 Å². The second-order valence-corrected chi connectivity index (χ2v) is 5.49. The molecule has 2 rings (SSSR count). The lowest BCUT2D eigenvalue weighted by Crippen LogP contribution is -2.10. The van der Waals surface area contributed by atoms with Crippen LogP contribution in [0, 0.1) is 0 Å². The number of nitrogens with two attached hydrogens (primary N) is 1. The van der Waals surface area contributed by atoms with E-state index in [-0.39, 0.29) is 5.25 Å². The van der Waals surface area contributed by atoms with Crippen LogP contribution in [0.15, 0.2) is 52.4 Å². The van der Waals surface area contributed by atoms with Crippen LogP contribution < -0.4 is 5.73 Å². The molecular weight excluding hydrogens is 298 g/mol. The van der Waals surface area contributed by atoms with E-state index in [0.29, 0.717) is 6.54 Å². The van der Waals surface area contributed by atoms with Gasteiger partial charge in [0.25, 0.3) is 0 Å². The van der Waals surface area contributed by atoms with Crippen molar-refractivity contribution in [2.24, 2.45) is 5.73 Å². The van der Waals surface area contributed by atoms with Crippen molar-refractivity contribution in [1.82, 2.24) is 9.97 Å². The standard InChI is InChI=1S/C12H12BrN3S/c13-10-4-2-1-3-9(10)11(7-14)17-12-5-6-15-8-16-12/h1-6,8,11H,7,14H2. The first-order valence-electron chi connectivity index (χ1n) is 5.18. The molecule has 0 radical (unpaired) electrons. The van der Waals surface area contributed by atoms with Crippen LogP contribution in [0.4, 0.5) is 0 Å². The Bertz CT molecular complexity index is 478. The highest BCUT2D eigenvalue weighted by molar-refractivity contribution is 9.10. The van der Waals surface area contributed by atoms with Gasteiger partial charge in [0.05, 0.1) is 5.03 Å². The van der Waals surface area contributed by atoms with Gasteiger partial charge < -0.3 is 5.73 Å². The molecule has 0 spiro atoms. The summed E-state index contributed by atoms with van der Waals surface area (Å²) in [6.45, 7) is 0.567. The lowest BCUT2D eigenvalue weighted by Gasteiger charge is -2.15. The third kappa shape index (κ3) is 3.28. The Kier molecular flexibility index (Phi) is 4.53. The molecule has 0 saturated carbocycles. The molecule has 1 atom stereocenters. The molecule has 0 aliphatic carbocycles. The van der Waals surface area contributed by atoms with Crippen molar-refractivity contribution < 1.29 is 0 Å². The van der Waals surface area contributed by atoms with Gasteiger partial charge in [-0.15, -0.1) is 0 Å². The molecule has 1 aromatic carbocycles. The quantitative estimate of drug-likeness (QED) is 0.696. The molecule has 17 heavy (non-hydrogen) atoms. The van der Waals surface area contributed by atoms with Gasteiger partial charge in [-0.1, -0.05) is 45.9 Å². The van der Waals surface area contributed by atoms with Crippen molar-refractivity contribution in [2.75, 3.05) is 6.54 Å². The Hall–Kier alpha value is -0.910. The Morgan fingerprint density at radius 1 is 1.29 bits per heavy atom. The Balaban J connectivity index is 2.21. The van der Waals surface area contributed by atoms with Gasteiger partial charge in [-0.25, -0.2) is 9.97 Å². The molecule has 2 aromatic rings. The van der Waals surface area contributed by atoms with Crippen LogP contribution in [-0.2, 0) is 0 Å².